The molecule has 2 aliphatic heterocycles. The summed E-state index contributed by atoms with van der Waals surface area (Å²) in [6.07, 6.45) is 3.94. The molecule has 61 heavy (non-hydrogen) atoms. The molecule has 1 atom stereocenters. The van der Waals surface area contributed by atoms with Crippen molar-refractivity contribution in [2.24, 2.45) is 11.7 Å². The van der Waals surface area contributed by atoms with E-state index >= 15 is 0 Å². The lowest BCUT2D eigenvalue weighted by Crippen LogP contribution is -2.51. The molecule has 0 saturated carbocycles. The summed E-state index contributed by atoms with van der Waals surface area (Å²) in [6.45, 7) is 5.32. The smallest absolute Gasteiger partial charge is 0.429 e. The molecule has 5 rings (SSSR count). The fraction of sp³-hybridized carbons (Fsp3) is 0.225. The van der Waals surface area contributed by atoms with Gasteiger partial charge in [-0.1, -0.05) is 32.9 Å². The number of ether oxygens (including phenoxy) is 2. The molecule has 9 amide bonds. The van der Waals surface area contributed by atoms with Crippen molar-refractivity contribution in [2.75, 3.05) is 28.2 Å². The second kappa shape index (κ2) is 21.0. The van der Waals surface area contributed by atoms with Crippen LogP contribution in [-0.2, 0) is 40.1 Å². The lowest BCUT2D eigenvalue weighted by Gasteiger charge is -2.25. The number of hydrogen-bond donors (Lipinski definition) is 5. The molecule has 0 fully saturated rings. The first-order valence-corrected chi connectivity index (χ1v) is 18.3. The molecule has 21 nitrogen and oxygen atoms in total. The maximum absolute atomic E-state index is 13.4. The summed E-state index contributed by atoms with van der Waals surface area (Å²) in [6, 6.07) is 13.1. The number of imide groups is 2. The van der Waals surface area contributed by atoms with Crippen molar-refractivity contribution in [3.05, 3.63) is 112 Å². The van der Waals surface area contributed by atoms with Gasteiger partial charge in [-0.2, -0.15) is 0 Å². The molecule has 0 aliphatic carbocycles. The van der Waals surface area contributed by atoms with Crippen molar-refractivity contribution in [2.45, 2.75) is 39.8 Å². The van der Waals surface area contributed by atoms with E-state index in [0.29, 0.717) is 22.7 Å². The minimum absolute atomic E-state index is 0.0554. The summed E-state index contributed by atoms with van der Waals surface area (Å²) in [4.78, 5) is 122. The highest BCUT2D eigenvalue weighted by molar-refractivity contribution is 6.33. The van der Waals surface area contributed by atoms with Crippen LogP contribution in [0.5, 0.6) is 5.75 Å². The Morgan fingerprint density at radius 2 is 1.36 bits per heavy atom. The third-order valence-corrected chi connectivity index (χ3v) is 8.39. The van der Waals surface area contributed by atoms with Crippen LogP contribution in [0.3, 0.4) is 0 Å². The number of urea groups is 1. The number of rotatable bonds is 15. The van der Waals surface area contributed by atoms with Gasteiger partial charge >= 0.3 is 12.2 Å². The number of nitro groups is 1. The summed E-state index contributed by atoms with van der Waals surface area (Å²) >= 11 is 0. The Kier molecular flexibility index (Phi) is 15.6. The summed E-state index contributed by atoms with van der Waals surface area (Å²) in [7, 11) is 0. The number of nitrogens with one attached hydrogen (secondary N) is 4. The van der Waals surface area contributed by atoms with Crippen LogP contribution < -0.4 is 41.5 Å². The molecule has 2 aliphatic rings. The minimum Gasteiger partial charge on any atom is -0.429 e. The number of non-ortho nitro benzene ring substituents is 1. The highest BCUT2D eigenvalue weighted by atomic mass is 16.7. The largest absolute Gasteiger partial charge is 0.514 e. The van der Waals surface area contributed by atoms with Gasteiger partial charge in [0.15, 0.2) is 0 Å². The van der Waals surface area contributed by atoms with Crippen LogP contribution in [0.15, 0.2) is 91.0 Å². The Labute approximate surface area is 347 Å². The fourth-order valence-electron chi connectivity index (χ4n) is 5.39. The van der Waals surface area contributed by atoms with Crippen molar-refractivity contribution < 1.29 is 57.5 Å². The van der Waals surface area contributed by atoms with Crippen molar-refractivity contribution in [1.29, 1.82) is 0 Å². The van der Waals surface area contributed by atoms with Crippen molar-refractivity contribution >= 4 is 76.3 Å². The molecular formula is C40H40N8O13. The van der Waals surface area contributed by atoms with Crippen molar-refractivity contribution in [3.63, 3.8) is 0 Å². The maximum atomic E-state index is 13.4. The number of carbonyl (C=O) groups is 9. The number of nitrogens with two attached hydrogens (primary N) is 1. The van der Waals surface area contributed by atoms with E-state index in [1.54, 1.807) is 26.0 Å². The topological polar surface area (TPSA) is 296 Å². The van der Waals surface area contributed by atoms with Gasteiger partial charge < -0.3 is 36.5 Å². The number of nitro benzene ring substituents is 1. The van der Waals surface area contributed by atoms with Gasteiger partial charge in [0.1, 0.15) is 18.4 Å². The molecule has 0 aromatic heterocycles. The van der Waals surface area contributed by atoms with Crippen LogP contribution in [0.4, 0.5) is 32.3 Å². The van der Waals surface area contributed by atoms with Crippen molar-refractivity contribution in [1.82, 2.24) is 16.0 Å². The zero-order valence-electron chi connectivity index (χ0n) is 32.9. The van der Waals surface area contributed by atoms with Crippen LogP contribution in [-0.4, -0.2) is 77.6 Å². The first kappa shape index (κ1) is 45.5. The molecule has 318 valence electrons. The van der Waals surface area contributed by atoms with E-state index < -0.39 is 77.0 Å². The second-order valence-corrected chi connectivity index (χ2v) is 13.2. The predicted octanol–water partition coefficient (Wildman–Crippen LogP) is 2.74. The summed E-state index contributed by atoms with van der Waals surface area (Å²) in [5, 5.41) is 20.8. The lowest BCUT2D eigenvalue weighted by molar-refractivity contribution is -0.384. The third-order valence-electron chi connectivity index (χ3n) is 8.39. The molecule has 0 saturated heterocycles. The van der Waals surface area contributed by atoms with E-state index in [1.165, 1.54) is 48.5 Å². The second-order valence-electron chi connectivity index (χ2n) is 13.2. The minimum atomic E-state index is -1.14. The number of hydrogen-bond acceptors (Lipinski definition) is 13. The first-order chi connectivity index (χ1) is 29.0. The van der Waals surface area contributed by atoms with E-state index in [4.69, 9.17) is 15.2 Å². The van der Waals surface area contributed by atoms with E-state index in [0.717, 1.165) is 41.7 Å². The lowest BCUT2D eigenvalue weighted by atomic mass is 10.0. The Morgan fingerprint density at radius 3 is 1.87 bits per heavy atom. The average molecular weight is 841 g/mol. The number of amides is 9. The standard InChI is InChI=1S/C36H30N6O12.C4H10N2O/c1-20(2)33(39-34(48)22-5-12-26(40-29(44)13-14-30(40)45)27(17-22)41-31(46)15-16-32(41)47)35(49)37-18-28(43)38-23-6-3-21(4-7-23)19-53-36(50)54-25-10-8-24(9-11-25)42(51)52;1-2-3-6-4(5)7/h3-17,20,33H,18-19H2,1-2H3,(H,37,49)(H,38,43)(H,39,48);2-3H2,1H3,(H3,5,6,7). The quantitative estimate of drug-likeness (QED) is 0.0484. The number of primary amides is 1. The van der Waals surface area contributed by atoms with Crippen LogP contribution in [0.2, 0.25) is 0 Å². The molecule has 3 aromatic rings. The molecule has 6 N–H and O–H groups in total. The van der Waals surface area contributed by atoms with Gasteiger partial charge in [0, 0.05) is 54.2 Å². The molecular weight excluding hydrogens is 800 g/mol. The van der Waals surface area contributed by atoms with E-state index in [1.807, 2.05) is 6.92 Å². The van der Waals surface area contributed by atoms with Gasteiger partial charge in [-0.15, -0.1) is 0 Å². The third kappa shape index (κ3) is 12.6. The number of nitrogens with zero attached hydrogens (tertiary/aromatic N) is 3. The van der Waals surface area contributed by atoms with Gasteiger partial charge in [0.25, 0.3) is 35.2 Å². The van der Waals surface area contributed by atoms with Gasteiger partial charge in [-0.05, 0) is 60.4 Å². The number of benzene rings is 3. The average Bonchev–Trinajstić information content (AvgIpc) is 3.75. The maximum Gasteiger partial charge on any atom is 0.514 e. The van der Waals surface area contributed by atoms with Gasteiger partial charge in [0.2, 0.25) is 11.8 Å². The molecule has 1 unspecified atom stereocenters. The van der Waals surface area contributed by atoms with E-state index in [2.05, 4.69) is 21.3 Å². The zero-order valence-corrected chi connectivity index (χ0v) is 32.9. The Morgan fingerprint density at radius 1 is 0.787 bits per heavy atom. The molecule has 21 heteroatoms. The molecule has 0 spiro atoms. The fourth-order valence-corrected chi connectivity index (χ4v) is 5.39. The van der Waals surface area contributed by atoms with Crippen LogP contribution in [0.1, 0.15) is 43.1 Å². The van der Waals surface area contributed by atoms with Crippen LogP contribution in [0, 0.1) is 16.0 Å². The number of carbonyl (C=O) groups excluding carboxylic acids is 9. The molecule has 3 aromatic carbocycles. The van der Waals surface area contributed by atoms with Gasteiger partial charge in [-0.25, -0.2) is 19.4 Å². The Hall–Kier alpha value is -8.23. The zero-order chi connectivity index (χ0) is 44.8. The Balaban J connectivity index is 0.00000107. The summed E-state index contributed by atoms with van der Waals surface area (Å²) in [5.74, 6) is -5.41. The van der Waals surface area contributed by atoms with Crippen molar-refractivity contribution in [3.8, 4) is 5.75 Å². The SMILES string of the molecule is CC(C)C(NC(=O)c1ccc(N2C(=O)C=CC2=O)c(N2C(=O)C=CC2=O)c1)C(=O)NCC(=O)Nc1ccc(COC(=O)Oc2ccc([N+](=O)[O-])cc2)cc1.CCCNC(N)=O. The highest BCUT2D eigenvalue weighted by Gasteiger charge is 2.35. The van der Waals surface area contributed by atoms with E-state index in [9.17, 15) is 53.3 Å². The van der Waals surface area contributed by atoms with E-state index in [-0.39, 0.29) is 35.0 Å². The van der Waals surface area contributed by atoms with Crippen LogP contribution in [0.25, 0.3) is 0 Å². The number of anilines is 3. The summed E-state index contributed by atoms with van der Waals surface area (Å²) < 4.78 is 10.0. The molecule has 0 bridgehead atoms. The van der Waals surface area contributed by atoms with Gasteiger partial charge in [-0.3, -0.25) is 43.7 Å². The molecule has 2 heterocycles. The highest BCUT2D eigenvalue weighted by Crippen LogP contribution is 2.34. The monoisotopic (exact) mass is 840 g/mol. The van der Waals surface area contributed by atoms with Crippen LogP contribution >= 0.6 is 0 Å². The van der Waals surface area contributed by atoms with Gasteiger partial charge in [0.05, 0.1) is 22.8 Å². The molecule has 0 radical (unpaired) electrons. The predicted molar refractivity (Wildman–Crippen MR) is 216 cm³/mol. The first-order valence-electron chi connectivity index (χ1n) is 18.3. The normalized spacial score (nSPS) is 13.3. The summed E-state index contributed by atoms with van der Waals surface area (Å²) in [5.41, 5.74) is 5.06. The Bertz CT molecular complexity index is 2250.